The number of furan rings is 1. The molecule has 0 saturated heterocycles. The van der Waals surface area contributed by atoms with Gasteiger partial charge in [-0.05, 0) is 54.9 Å². The molecule has 20 heavy (non-hydrogen) atoms. The van der Waals surface area contributed by atoms with E-state index in [1.54, 1.807) is 0 Å². The Labute approximate surface area is 119 Å². The maximum atomic E-state index is 11.3. The van der Waals surface area contributed by atoms with Gasteiger partial charge in [0.15, 0.2) is 0 Å². The predicted molar refractivity (Wildman–Crippen MR) is 79.6 cm³/mol. The third-order valence-electron chi connectivity index (χ3n) is 3.98. The van der Waals surface area contributed by atoms with Crippen LogP contribution in [0.3, 0.4) is 0 Å². The topological polar surface area (TPSA) is 42.2 Å². The van der Waals surface area contributed by atoms with Crippen molar-refractivity contribution in [3.05, 3.63) is 35.6 Å². The van der Waals surface area contributed by atoms with Crippen LogP contribution in [-0.2, 0) is 17.6 Å². The van der Waals surface area contributed by atoms with E-state index >= 15 is 0 Å². The van der Waals surface area contributed by atoms with Crippen molar-refractivity contribution in [2.24, 2.45) is 5.92 Å². The van der Waals surface area contributed by atoms with E-state index in [1.807, 2.05) is 13.2 Å². The zero-order chi connectivity index (χ0) is 13.9. The van der Waals surface area contributed by atoms with Gasteiger partial charge in [0.05, 0.1) is 6.26 Å². The molecule has 106 valence electrons. The Hall–Kier alpha value is -1.77. The summed E-state index contributed by atoms with van der Waals surface area (Å²) in [5, 5.41) is 4.11. The van der Waals surface area contributed by atoms with Crippen molar-refractivity contribution in [3.63, 3.8) is 0 Å². The second-order valence-electron chi connectivity index (χ2n) is 5.69. The third kappa shape index (κ3) is 3.03. The first-order valence-electron chi connectivity index (χ1n) is 7.52. The number of hydrogen-bond donors (Lipinski definition) is 1. The van der Waals surface area contributed by atoms with Gasteiger partial charge in [0, 0.05) is 18.4 Å². The molecule has 0 spiro atoms. The predicted octanol–water partition coefficient (Wildman–Crippen LogP) is 3.45. The van der Waals surface area contributed by atoms with Crippen molar-refractivity contribution < 1.29 is 9.21 Å². The van der Waals surface area contributed by atoms with E-state index in [0.29, 0.717) is 13.0 Å². The zero-order valence-electron chi connectivity index (χ0n) is 11.9. The highest BCUT2D eigenvalue weighted by Gasteiger charge is 2.21. The minimum absolute atomic E-state index is 0.104. The normalized spacial score (nSPS) is 14.7. The van der Waals surface area contributed by atoms with Crippen LogP contribution < -0.4 is 5.32 Å². The Kier molecular flexibility index (Phi) is 3.77. The molecular formula is C17H21NO2. The lowest BCUT2D eigenvalue weighted by Gasteiger charge is -2.03. The second kappa shape index (κ2) is 5.70. The molecule has 0 bridgehead atoms. The molecule has 0 atom stereocenters. The van der Waals surface area contributed by atoms with Gasteiger partial charge in [-0.2, -0.15) is 0 Å². The molecule has 1 aliphatic carbocycles. The summed E-state index contributed by atoms with van der Waals surface area (Å²) in [5.74, 6) is 0.999. The first kappa shape index (κ1) is 13.2. The quantitative estimate of drug-likeness (QED) is 0.874. The standard InChI is InChI=1S/C17H21NO2/c1-2-17(19)18-8-7-14-11-20-16-6-5-13(10-15(14)16)9-12-3-4-12/h5-6,10-12H,2-4,7-9H2,1H3,(H,18,19). The van der Waals surface area contributed by atoms with Gasteiger partial charge in [-0.1, -0.05) is 13.0 Å². The van der Waals surface area contributed by atoms with Crippen molar-refractivity contribution in [1.82, 2.24) is 5.32 Å². The van der Waals surface area contributed by atoms with Gasteiger partial charge in [0.25, 0.3) is 0 Å². The molecule has 3 nitrogen and oxygen atoms in total. The average molecular weight is 271 g/mol. The van der Waals surface area contributed by atoms with Crippen molar-refractivity contribution in [2.75, 3.05) is 6.54 Å². The van der Waals surface area contributed by atoms with E-state index in [0.717, 1.165) is 17.9 Å². The molecule has 0 unspecified atom stereocenters. The van der Waals surface area contributed by atoms with Gasteiger partial charge in [-0.3, -0.25) is 4.79 Å². The summed E-state index contributed by atoms with van der Waals surface area (Å²) in [6.07, 6.45) is 7.12. The summed E-state index contributed by atoms with van der Waals surface area (Å²) in [5.41, 5.74) is 3.54. The summed E-state index contributed by atoms with van der Waals surface area (Å²) in [6.45, 7) is 2.54. The van der Waals surface area contributed by atoms with Gasteiger partial charge in [-0.15, -0.1) is 0 Å². The van der Waals surface area contributed by atoms with E-state index in [1.165, 1.54) is 35.8 Å². The number of rotatable bonds is 6. The molecule has 3 rings (SSSR count). The molecule has 1 amide bonds. The summed E-state index contributed by atoms with van der Waals surface area (Å²) < 4.78 is 5.60. The molecular weight excluding hydrogens is 250 g/mol. The average Bonchev–Trinajstić information content (AvgIpc) is 3.18. The number of nitrogens with one attached hydrogen (secondary N) is 1. The van der Waals surface area contributed by atoms with Crippen LogP contribution in [0.1, 0.15) is 37.3 Å². The van der Waals surface area contributed by atoms with Gasteiger partial charge in [-0.25, -0.2) is 0 Å². The summed E-state index contributed by atoms with van der Waals surface area (Å²) in [7, 11) is 0. The molecule has 1 aromatic carbocycles. The smallest absolute Gasteiger partial charge is 0.219 e. The molecule has 0 aliphatic heterocycles. The molecule has 3 heteroatoms. The highest BCUT2D eigenvalue weighted by atomic mass is 16.3. The summed E-state index contributed by atoms with van der Waals surface area (Å²) in [6, 6.07) is 6.50. The highest BCUT2D eigenvalue weighted by molar-refractivity contribution is 5.82. The number of hydrogen-bond acceptors (Lipinski definition) is 2. The lowest BCUT2D eigenvalue weighted by molar-refractivity contribution is -0.120. The third-order valence-corrected chi connectivity index (χ3v) is 3.98. The molecule has 0 radical (unpaired) electrons. The fourth-order valence-electron chi connectivity index (χ4n) is 2.57. The van der Waals surface area contributed by atoms with Crippen LogP contribution in [0.25, 0.3) is 11.0 Å². The van der Waals surface area contributed by atoms with Crippen molar-refractivity contribution in [2.45, 2.75) is 39.0 Å². The van der Waals surface area contributed by atoms with Crippen LogP contribution >= 0.6 is 0 Å². The number of benzene rings is 1. The van der Waals surface area contributed by atoms with Crippen LogP contribution in [0.5, 0.6) is 0 Å². The Morgan fingerprint density at radius 2 is 2.25 bits per heavy atom. The van der Waals surface area contributed by atoms with E-state index in [9.17, 15) is 4.79 Å². The minimum Gasteiger partial charge on any atom is -0.464 e. The Morgan fingerprint density at radius 1 is 1.40 bits per heavy atom. The summed E-state index contributed by atoms with van der Waals surface area (Å²) in [4.78, 5) is 11.3. The lowest BCUT2D eigenvalue weighted by Crippen LogP contribution is -2.24. The van der Waals surface area contributed by atoms with Gasteiger partial charge < -0.3 is 9.73 Å². The largest absolute Gasteiger partial charge is 0.464 e. The van der Waals surface area contributed by atoms with Crippen LogP contribution in [0, 0.1) is 5.92 Å². The van der Waals surface area contributed by atoms with Crippen LogP contribution in [0.2, 0.25) is 0 Å². The van der Waals surface area contributed by atoms with E-state index in [4.69, 9.17) is 4.42 Å². The van der Waals surface area contributed by atoms with Crippen LogP contribution in [0.15, 0.2) is 28.9 Å². The Morgan fingerprint density at radius 3 is 3.00 bits per heavy atom. The van der Waals surface area contributed by atoms with Crippen molar-refractivity contribution in [1.29, 1.82) is 0 Å². The monoisotopic (exact) mass is 271 g/mol. The first-order chi connectivity index (χ1) is 9.76. The van der Waals surface area contributed by atoms with Crippen molar-refractivity contribution >= 4 is 16.9 Å². The fraction of sp³-hybridized carbons (Fsp3) is 0.471. The number of amides is 1. The minimum atomic E-state index is 0.104. The zero-order valence-corrected chi connectivity index (χ0v) is 11.9. The Bertz CT molecular complexity index is 610. The number of carbonyl (C=O) groups excluding carboxylic acids is 1. The molecule has 2 aromatic rings. The number of fused-ring (bicyclic) bond motifs is 1. The second-order valence-corrected chi connectivity index (χ2v) is 5.69. The van der Waals surface area contributed by atoms with Gasteiger partial charge >= 0.3 is 0 Å². The van der Waals surface area contributed by atoms with Crippen LogP contribution in [-0.4, -0.2) is 12.5 Å². The van der Waals surface area contributed by atoms with Crippen LogP contribution in [0.4, 0.5) is 0 Å². The molecule has 1 saturated carbocycles. The van der Waals surface area contributed by atoms with E-state index in [2.05, 4.69) is 23.5 Å². The molecule has 1 heterocycles. The van der Waals surface area contributed by atoms with Gasteiger partial charge in [0.2, 0.25) is 5.91 Å². The molecule has 1 aromatic heterocycles. The number of carbonyl (C=O) groups is 1. The Balaban J connectivity index is 1.71. The maximum absolute atomic E-state index is 11.3. The molecule has 1 fully saturated rings. The summed E-state index contributed by atoms with van der Waals surface area (Å²) >= 11 is 0. The SMILES string of the molecule is CCC(=O)NCCc1coc2ccc(CC3CC3)cc12. The van der Waals surface area contributed by atoms with E-state index < -0.39 is 0 Å². The lowest BCUT2D eigenvalue weighted by atomic mass is 10.0. The maximum Gasteiger partial charge on any atom is 0.219 e. The van der Waals surface area contributed by atoms with Crippen molar-refractivity contribution in [3.8, 4) is 0 Å². The van der Waals surface area contributed by atoms with E-state index in [-0.39, 0.29) is 5.91 Å². The molecule has 1 aliphatic rings. The van der Waals surface area contributed by atoms with Gasteiger partial charge in [0.1, 0.15) is 5.58 Å². The highest BCUT2D eigenvalue weighted by Crippen LogP contribution is 2.33. The fourth-order valence-corrected chi connectivity index (χ4v) is 2.57. The first-order valence-corrected chi connectivity index (χ1v) is 7.52. The molecule has 1 N–H and O–H groups in total.